The number of hydrogen-bond acceptors (Lipinski definition) is 8. The number of fused-ring (bicyclic) bond motifs is 1. The van der Waals surface area contributed by atoms with Crippen LogP contribution in [0.1, 0.15) is 77.4 Å². The van der Waals surface area contributed by atoms with Crippen molar-refractivity contribution >= 4 is 29.2 Å². The number of esters is 1. The number of cyclic esters (lactones) is 1. The fourth-order valence-electron chi connectivity index (χ4n) is 4.86. The van der Waals surface area contributed by atoms with E-state index in [2.05, 4.69) is 4.98 Å². The number of thiazole rings is 1. The van der Waals surface area contributed by atoms with Gasteiger partial charge < -0.3 is 19.7 Å². The molecule has 0 saturated carbocycles. The molecule has 0 bridgehead atoms. The van der Waals surface area contributed by atoms with Crippen molar-refractivity contribution in [2.45, 2.75) is 104 Å². The van der Waals surface area contributed by atoms with Crippen LogP contribution in [-0.2, 0) is 19.1 Å². The van der Waals surface area contributed by atoms with Gasteiger partial charge in [0.05, 0.1) is 46.5 Å². The Hall–Kier alpha value is -1.68. The van der Waals surface area contributed by atoms with Gasteiger partial charge in [-0.05, 0) is 38.7 Å². The van der Waals surface area contributed by atoms with Crippen molar-refractivity contribution < 1.29 is 33.7 Å². The lowest BCUT2D eigenvalue weighted by Gasteiger charge is -2.34. The summed E-state index contributed by atoms with van der Waals surface area (Å²) >= 11 is 1.39. The maximum absolute atomic E-state index is 15.3. The molecular weight excluding hydrogens is 473 g/mol. The van der Waals surface area contributed by atoms with Crippen LogP contribution in [0.5, 0.6) is 0 Å². The van der Waals surface area contributed by atoms with Crippen molar-refractivity contribution in [2.75, 3.05) is 0 Å². The van der Waals surface area contributed by atoms with E-state index in [1.807, 2.05) is 20.8 Å². The average molecular weight is 512 g/mol. The SMILES string of the molecule is Cc1nc(C=C(F)[C@@H]2C[C@@H]3O[C@@]3(C)CCC[C@H](C)[C@H](O)[C@@H](C)C(=O)C(C)(C)[C@@H](O)CC(=O)O2)cs1. The molecule has 2 N–H and O–H groups in total. The number of aliphatic hydroxyl groups excluding tert-OH is 2. The smallest absolute Gasteiger partial charge is 0.309 e. The number of carbonyl (C=O) groups is 2. The first-order valence-corrected chi connectivity index (χ1v) is 13.2. The number of aromatic nitrogens is 1. The number of rotatable bonds is 2. The molecule has 1 aromatic heterocycles. The Morgan fingerprint density at radius 3 is 2.57 bits per heavy atom. The number of Topliss-reactive ketones (excluding diaryl/α,β-unsaturated/α-hetero) is 1. The number of epoxide rings is 1. The first-order chi connectivity index (χ1) is 16.2. The molecular formula is C26H38FNO6S. The van der Waals surface area contributed by atoms with Gasteiger partial charge in [-0.1, -0.05) is 34.1 Å². The summed E-state index contributed by atoms with van der Waals surface area (Å²) in [5.41, 5.74) is -1.32. The predicted octanol–water partition coefficient (Wildman–Crippen LogP) is 4.38. The minimum Gasteiger partial charge on any atom is -0.455 e. The molecule has 2 saturated heterocycles. The molecule has 0 aromatic carbocycles. The van der Waals surface area contributed by atoms with Gasteiger partial charge in [-0.2, -0.15) is 0 Å². The van der Waals surface area contributed by atoms with Gasteiger partial charge >= 0.3 is 5.97 Å². The summed E-state index contributed by atoms with van der Waals surface area (Å²) in [6.45, 7) is 10.4. The summed E-state index contributed by atoms with van der Waals surface area (Å²) < 4.78 is 26.7. The monoisotopic (exact) mass is 511 g/mol. The highest BCUT2D eigenvalue weighted by molar-refractivity contribution is 7.09. The predicted molar refractivity (Wildman–Crippen MR) is 131 cm³/mol. The molecule has 7 atom stereocenters. The van der Waals surface area contributed by atoms with E-state index >= 15 is 4.39 Å². The van der Waals surface area contributed by atoms with E-state index in [1.165, 1.54) is 17.4 Å². The number of ketones is 1. The van der Waals surface area contributed by atoms with Crippen LogP contribution in [0.15, 0.2) is 11.2 Å². The molecule has 0 spiro atoms. The lowest BCUT2D eigenvalue weighted by molar-refractivity contribution is -0.155. The van der Waals surface area contributed by atoms with E-state index in [4.69, 9.17) is 9.47 Å². The second-order valence-corrected chi connectivity index (χ2v) is 12.0. The Morgan fingerprint density at radius 1 is 1.26 bits per heavy atom. The molecule has 9 heteroatoms. The lowest BCUT2D eigenvalue weighted by Crippen LogP contribution is -2.45. The lowest BCUT2D eigenvalue weighted by atomic mass is 9.73. The zero-order chi connectivity index (χ0) is 26.1. The van der Waals surface area contributed by atoms with Gasteiger partial charge in [0.15, 0.2) is 6.10 Å². The Bertz CT molecular complexity index is 961. The van der Waals surface area contributed by atoms with E-state index in [9.17, 15) is 19.8 Å². The molecule has 35 heavy (non-hydrogen) atoms. The molecule has 2 aliphatic heterocycles. The summed E-state index contributed by atoms with van der Waals surface area (Å²) in [5.74, 6) is -2.62. The number of halogens is 1. The van der Waals surface area contributed by atoms with Crippen molar-refractivity contribution in [1.29, 1.82) is 0 Å². The van der Waals surface area contributed by atoms with Crippen LogP contribution >= 0.6 is 11.3 Å². The molecule has 3 heterocycles. The van der Waals surface area contributed by atoms with Gasteiger partial charge in [0.2, 0.25) is 0 Å². The molecule has 0 amide bonds. The highest BCUT2D eigenvalue weighted by Gasteiger charge is 2.53. The first-order valence-electron chi connectivity index (χ1n) is 12.3. The summed E-state index contributed by atoms with van der Waals surface area (Å²) in [6, 6.07) is 0. The Kier molecular flexibility index (Phi) is 8.57. The Morgan fingerprint density at radius 2 is 1.94 bits per heavy atom. The fraction of sp³-hybridized carbons (Fsp3) is 0.731. The third-order valence-corrected chi connectivity index (χ3v) is 8.43. The maximum Gasteiger partial charge on any atom is 0.309 e. The third-order valence-electron chi connectivity index (χ3n) is 7.64. The third kappa shape index (κ3) is 6.56. The number of aliphatic hydroxyl groups is 2. The molecule has 3 rings (SSSR count). The topological polar surface area (TPSA) is 109 Å². The van der Waals surface area contributed by atoms with Gasteiger partial charge in [-0.25, -0.2) is 9.37 Å². The van der Waals surface area contributed by atoms with Gasteiger partial charge in [0, 0.05) is 17.7 Å². The zero-order valence-corrected chi connectivity index (χ0v) is 22.2. The van der Waals surface area contributed by atoms with Crippen molar-refractivity contribution in [1.82, 2.24) is 4.98 Å². The summed E-state index contributed by atoms with van der Waals surface area (Å²) in [5, 5.41) is 24.1. The summed E-state index contributed by atoms with van der Waals surface area (Å²) in [6.07, 6.45) is -0.593. The molecule has 1 aromatic rings. The van der Waals surface area contributed by atoms with E-state index in [0.717, 1.165) is 11.4 Å². The number of carbonyl (C=O) groups excluding carboxylic acids is 2. The number of nitrogens with zero attached hydrogens (tertiary/aromatic N) is 1. The molecule has 0 unspecified atom stereocenters. The van der Waals surface area contributed by atoms with Gasteiger partial charge in [-0.3, -0.25) is 9.59 Å². The van der Waals surface area contributed by atoms with E-state index < -0.39 is 53.5 Å². The van der Waals surface area contributed by atoms with E-state index in [1.54, 1.807) is 26.2 Å². The summed E-state index contributed by atoms with van der Waals surface area (Å²) in [7, 11) is 0. The molecule has 196 valence electrons. The number of hydrogen-bond donors (Lipinski definition) is 2. The van der Waals surface area contributed by atoms with E-state index in [-0.39, 0.29) is 24.2 Å². The van der Waals surface area contributed by atoms with E-state index in [0.29, 0.717) is 18.5 Å². The van der Waals surface area contributed by atoms with Crippen LogP contribution in [-0.4, -0.2) is 57.0 Å². The van der Waals surface area contributed by atoms with Crippen molar-refractivity contribution in [3.05, 3.63) is 21.9 Å². The fourth-order valence-corrected chi connectivity index (χ4v) is 5.44. The van der Waals surface area contributed by atoms with Gasteiger partial charge in [-0.15, -0.1) is 11.3 Å². The minimum atomic E-state index is -1.35. The zero-order valence-electron chi connectivity index (χ0n) is 21.4. The molecule has 0 radical (unpaired) electrons. The first kappa shape index (κ1) is 27.9. The maximum atomic E-state index is 15.3. The molecule has 2 fully saturated rings. The minimum absolute atomic E-state index is 0.129. The molecule has 7 nitrogen and oxygen atoms in total. The summed E-state index contributed by atoms with van der Waals surface area (Å²) in [4.78, 5) is 30.2. The van der Waals surface area contributed by atoms with Crippen LogP contribution < -0.4 is 0 Å². The van der Waals surface area contributed by atoms with Crippen LogP contribution in [0.25, 0.3) is 6.08 Å². The average Bonchev–Trinajstić information content (AvgIpc) is 3.22. The van der Waals surface area contributed by atoms with Crippen molar-refractivity contribution in [3.63, 3.8) is 0 Å². The second kappa shape index (κ2) is 10.7. The Balaban J connectivity index is 1.85. The Labute approximate surface area is 210 Å². The quantitative estimate of drug-likeness (QED) is 0.448. The molecule has 2 aliphatic rings. The van der Waals surface area contributed by atoms with Gasteiger partial charge in [0.1, 0.15) is 11.6 Å². The van der Waals surface area contributed by atoms with Crippen LogP contribution in [0.4, 0.5) is 4.39 Å². The molecule has 0 aliphatic carbocycles. The van der Waals surface area contributed by atoms with Crippen molar-refractivity contribution in [2.24, 2.45) is 17.3 Å². The van der Waals surface area contributed by atoms with Crippen LogP contribution in [0.3, 0.4) is 0 Å². The number of aryl methyl sites for hydroxylation is 1. The number of ether oxygens (including phenoxy) is 2. The second-order valence-electron chi connectivity index (χ2n) is 10.9. The standard InChI is InChI=1S/C26H38FNO6S/c1-14-8-7-9-26(6)21(34-26)11-19(18(27)10-17-13-35-16(3)28-17)33-22(30)12-20(29)25(4,5)24(32)15(2)23(14)31/h10,13-15,19-21,23,29,31H,7-9,11-12H2,1-6H3/t14-,15+,19-,20-,21-,23-,26-/m0/s1. The van der Waals surface area contributed by atoms with Crippen LogP contribution in [0.2, 0.25) is 0 Å². The largest absolute Gasteiger partial charge is 0.455 e. The van der Waals surface area contributed by atoms with Gasteiger partial charge in [0.25, 0.3) is 0 Å². The normalized spacial score (nSPS) is 37.5. The van der Waals surface area contributed by atoms with Crippen LogP contribution in [0, 0.1) is 24.2 Å². The van der Waals surface area contributed by atoms with Crippen molar-refractivity contribution in [3.8, 4) is 0 Å². The highest BCUT2D eigenvalue weighted by Crippen LogP contribution is 2.45. The highest BCUT2D eigenvalue weighted by atomic mass is 32.1.